The van der Waals surface area contributed by atoms with Gasteiger partial charge in [-0.3, -0.25) is 14.5 Å². The molecule has 12 nitrogen and oxygen atoms in total. The molecule has 2 atom stereocenters. The number of nitrogens with one attached hydrogen (secondary N) is 2. The number of ether oxygens (including phenoxy) is 2. The quantitative estimate of drug-likeness (QED) is 0.459. The highest BCUT2D eigenvalue weighted by Crippen LogP contribution is 2.31. The number of alkyl carbamates (subject to hydrolysis) is 1. The second kappa shape index (κ2) is 10.9. The van der Waals surface area contributed by atoms with E-state index in [1.807, 2.05) is 15.5 Å². The number of esters is 1. The van der Waals surface area contributed by atoms with Crippen LogP contribution in [-0.2, 0) is 14.3 Å². The van der Waals surface area contributed by atoms with Crippen molar-refractivity contribution in [3.63, 3.8) is 0 Å². The number of imidazole rings is 1. The number of nitrogens with zero attached hydrogens (tertiary/aromatic N) is 5. The number of rotatable bonds is 7. The minimum Gasteiger partial charge on any atom is -0.468 e. The minimum atomic E-state index is -0.596. The van der Waals surface area contributed by atoms with Gasteiger partial charge in [-0.1, -0.05) is 18.2 Å². The largest absolute Gasteiger partial charge is 0.468 e. The molecule has 0 radical (unpaired) electrons. The van der Waals surface area contributed by atoms with Crippen LogP contribution in [0.5, 0.6) is 0 Å². The molecule has 2 N–H and O–H groups in total. The number of carbonyl (C=O) groups excluding carboxylic acids is 3. The lowest BCUT2D eigenvalue weighted by Crippen LogP contribution is -2.42. The summed E-state index contributed by atoms with van der Waals surface area (Å²) in [5.74, 6) is -0.349. The first kappa shape index (κ1) is 26.0. The number of amides is 2. The highest BCUT2D eigenvalue weighted by Gasteiger charge is 2.39. The van der Waals surface area contributed by atoms with Crippen molar-refractivity contribution < 1.29 is 23.9 Å². The average molecular weight is 510 g/mol. The lowest BCUT2D eigenvalue weighted by molar-refractivity contribution is -0.145. The molecule has 0 spiro atoms. The summed E-state index contributed by atoms with van der Waals surface area (Å²) in [6.45, 7) is 6.62. The van der Waals surface area contributed by atoms with Gasteiger partial charge in [0.1, 0.15) is 18.0 Å². The molecular formula is C25H31N7O5. The first-order chi connectivity index (χ1) is 17.7. The van der Waals surface area contributed by atoms with E-state index < -0.39 is 17.7 Å². The van der Waals surface area contributed by atoms with E-state index in [0.29, 0.717) is 48.6 Å². The molecule has 12 heteroatoms. The topological polar surface area (TPSA) is 141 Å². The standard InChI is InChI=1S/C25H31N7O5/c1-25(2,3)37-24(35)26-10-11-31-13-17(12-18(31)23(34)36-4)32-15-29-19-20(27-14-28-21(19)32)30-22(33)16-8-6-5-7-9-16/h5-9,14-15,17-18H,10-13H2,1-4H3,(H,26,35)(H,27,28,30,33)/t17-,18-/m0/s1. The minimum absolute atomic E-state index is 0.136. The predicted molar refractivity (Wildman–Crippen MR) is 135 cm³/mol. The number of hydrogen-bond donors (Lipinski definition) is 2. The number of benzene rings is 1. The average Bonchev–Trinajstić information content (AvgIpc) is 3.48. The lowest BCUT2D eigenvalue weighted by Gasteiger charge is -2.23. The molecule has 0 bridgehead atoms. The molecule has 3 heterocycles. The van der Waals surface area contributed by atoms with Gasteiger partial charge in [-0.05, 0) is 39.3 Å². The molecule has 37 heavy (non-hydrogen) atoms. The first-order valence-electron chi connectivity index (χ1n) is 12.0. The summed E-state index contributed by atoms with van der Waals surface area (Å²) < 4.78 is 12.2. The predicted octanol–water partition coefficient (Wildman–Crippen LogP) is 2.39. The Kier molecular flexibility index (Phi) is 7.67. The second-order valence-electron chi connectivity index (χ2n) is 9.72. The van der Waals surface area contributed by atoms with Crippen LogP contribution >= 0.6 is 0 Å². The van der Waals surface area contributed by atoms with E-state index in [-0.39, 0.29) is 17.9 Å². The molecule has 4 rings (SSSR count). The van der Waals surface area contributed by atoms with Gasteiger partial charge in [-0.15, -0.1) is 0 Å². The van der Waals surface area contributed by atoms with Crippen molar-refractivity contribution >= 4 is 35.0 Å². The van der Waals surface area contributed by atoms with Gasteiger partial charge in [0, 0.05) is 25.2 Å². The summed E-state index contributed by atoms with van der Waals surface area (Å²) in [6, 6.07) is 8.20. The Balaban J connectivity index is 1.48. The number of carbonyl (C=O) groups is 3. The normalized spacial score (nSPS) is 17.9. The van der Waals surface area contributed by atoms with Gasteiger partial charge in [0.2, 0.25) is 0 Å². The van der Waals surface area contributed by atoms with Crippen molar-refractivity contribution in [3.8, 4) is 0 Å². The monoisotopic (exact) mass is 509 g/mol. The molecule has 0 unspecified atom stereocenters. The molecule has 196 valence electrons. The Labute approximate surface area is 214 Å². The van der Waals surface area contributed by atoms with Crippen LogP contribution in [-0.4, -0.2) is 80.8 Å². The number of anilines is 1. The fourth-order valence-electron chi connectivity index (χ4n) is 4.30. The summed E-state index contributed by atoms with van der Waals surface area (Å²) >= 11 is 0. The van der Waals surface area contributed by atoms with Gasteiger partial charge in [0.15, 0.2) is 17.0 Å². The lowest BCUT2D eigenvalue weighted by atomic mass is 10.1. The van der Waals surface area contributed by atoms with Crippen LogP contribution in [0.4, 0.5) is 10.6 Å². The number of likely N-dealkylation sites (tertiary alicyclic amines) is 1. The van der Waals surface area contributed by atoms with Gasteiger partial charge >= 0.3 is 12.1 Å². The van der Waals surface area contributed by atoms with Crippen LogP contribution in [0.3, 0.4) is 0 Å². The van der Waals surface area contributed by atoms with E-state index >= 15 is 0 Å². The summed E-state index contributed by atoms with van der Waals surface area (Å²) in [6.07, 6.45) is 2.97. The third kappa shape index (κ3) is 6.20. The zero-order valence-corrected chi connectivity index (χ0v) is 21.3. The Morgan fingerprint density at radius 2 is 1.86 bits per heavy atom. The molecular weight excluding hydrogens is 478 g/mol. The zero-order valence-electron chi connectivity index (χ0n) is 21.3. The molecule has 2 amide bonds. The Morgan fingerprint density at radius 3 is 2.57 bits per heavy atom. The first-order valence-corrected chi connectivity index (χ1v) is 12.0. The van der Waals surface area contributed by atoms with Gasteiger partial charge in [-0.25, -0.2) is 19.7 Å². The fourth-order valence-corrected chi connectivity index (χ4v) is 4.30. The molecule has 1 aliphatic rings. The van der Waals surface area contributed by atoms with Crippen molar-refractivity contribution in [1.82, 2.24) is 29.7 Å². The van der Waals surface area contributed by atoms with Gasteiger partial charge < -0.3 is 24.7 Å². The summed E-state index contributed by atoms with van der Waals surface area (Å²) in [5.41, 5.74) is 0.898. The van der Waals surface area contributed by atoms with Crippen LogP contribution in [0.25, 0.3) is 11.2 Å². The van der Waals surface area contributed by atoms with E-state index in [1.165, 1.54) is 13.4 Å². The van der Waals surface area contributed by atoms with Crippen LogP contribution in [0, 0.1) is 0 Å². The van der Waals surface area contributed by atoms with Crippen molar-refractivity contribution in [1.29, 1.82) is 0 Å². The third-order valence-electron chi connectivity index (χ3n) is 5.94. The number of hydrogen-bond acceptors (Lipinski definition) is 9. The fraction of sp³-hybridized carbons (Fsp3) is 0.440. The molecule has 1 aliphatic heterocycles. The third-order valence-corrected chi connectivity index (χ3v) is 5.94. The van der Waals surface area contributed by atoms with E-state index in [2.05, 4.69) is 25.6 Å². The van der Waals surface area contributed by atoms with Crippen LogP contribution in [0.15, 0.2) is 43.0 Å². The highest BCUT2D eigenvalue weighted by molar-refractivity contribution is 6.06. The maximum Gasteiger partial charge on any atom is 0.407 e. The van der Waals surface area contributed by atoms with Crippen molar-refractivity contribution in [2.75, 3.05) is 32.1 Å². The van der Waals surface area contributed by atoms with Gasteiger partial charge in [0.05, 0.1) is 19.5 Å². The van der Waals surface area contributed by atoms with Crippen molar-refractivity contribution in [3.05, 3.63) is 48.5 Å². The zero-order chi connectivity index (χ0) is 26.6. The van der Waals surface area contributed by atoms with Crippen LogP contribution in [0.2, 0.25) is 0 Å². The van der Waals surface area contributed by atoms with E-state index in [4.69, 9.17) is 9.47 Å². The molecule has 0 aliphatic carbocycles. The Hall–Kier alpha value is -4.06. The molecule has 2 aromatic heterocycles. The molecule has 1 fully saturated rings. The molecule has 0 saturated carbocycles. The van der Waals surface area contributed by atoms with E-state index in [1.54, 1.807) is 51.4 Å². The van der Waals surface area contributed by atoms with Gasteiger partial charge in [-0.2, -0.15) is 0 Å². The number of methoxy groups -OCH3 is 1. The van der Waals surface area contributed by atoms with Gasteiger partial charge in [0.25, 0.3) is 5.91 Å². The molecule has 1 saturated heterocycles. The van der Waals surface area contributed by atoms with Crippen molar-refractivity contribution in [2.24, 2.45) is 0 Å². The number of aromatic nitrogens is 4. The SMILES string of the molecule is COC(=O)[C@@H]1C[C@H](n2cnc3c(NC(=O)c4ccccc4)ncnc32)CN1CCNC(=O)OC(C)(C)C. The van der Waals surface area contributed by atoms with Crippen molar-refractivity contribution in [2.45, 2.75) is 44.9 Å². The van der Waals surface area contributed by atoms with E-state index in [0.717, 1.165) is 0 Å². The smallest absolute Gasteiger partial charge is 0.407 e. The highest BCUT2D eigenvalue weighted by atomic mass is 16.6. The Bertz CT molecular complexity index is 1270. The van der Waals surface area contributed by atoms with Crippen LogP contribution < -0.4 is 10.6 Å². The summed E-state index contributed by atoms with van der Waals surface area (Å²) in [5, 5.41) is 5.53. The summed E-state index contributed by atoms with van der Waals surface area (Å²) in [4.78, 5) is 52.2. The second-order valence-corrected chi connectivity index (χ2v) is 9.72. The molecule has 1 aromatic carbocycles. The van der Waals surface area contributed by atoms with Crippen LogP contribution in [0.1, 0.15) is 43.6 Å². The number of fused-ring (bicyclic) bond motifs is 1. The Morgan fingerprint density at radius 1 is 1.11 bits per heavy atom. The summed E-state index contributed by atoms with van der Waals surface area (Å²) in [7, 11) is 1.36. The maximum absolute atomic E-state index is 12.6. The molecule has 3 aromatic rings. The van der Waals surface area contributed by atoms with E-state index in [9.17, 15) is 14.4 Å². The maximum atomic E-state index is 12.6.